The maximum Gasteiger partial charge on any atom is 0.309 e. The molecule has 0 saturated heterocycles. The van der Waals surface area contributed by atoms with Gasteiger partial charge in [0.2, 0.25) is 0 Å². The van der Waals surface area contributed by atoms with Crippen LogP contribution in [-0.2, 0) is 19.1 Å². The highest BCUT2D eigenvalue weighted by molar-refractivity contribution is 5.83. The van der Waals surface area contributed by atoms with Crippen LogP contribution >= 0.6 is 0 Å². The molecular formula is C17H20O5. The van der Waals surface area contributed by atoms with E-state index in [0.29, 0.717) is 30.6 Å². The Morgan fingerprint density at radius 1 is 1.18 bits per heavy atom. The molecule has 2 aromatic rings. The molecule has 0 unspecified atom stereocenters. The summed E-state index contributed by atoms with van der Waals surface area (Å²) in [6.45, 7) is 3.93. The van der Waals surface area contributed by atoms with E-state index in [1.54, 1.807) is 6.92 Å². The molecule has 0 amide bonds. The number of carbonyl (C=O) groups excluding carboxylic acids is 2. The van der Waals surface area contributed by atoms with Gasteiger partial charge in [-0.25, -0.2) is 0 Å². The molecule has 0 spiro atoms. The maximum atomic E-state index is 11.8. The lowest BCUT2D eigenvalue weighted by molar-refractivity contribution is -0.155. The highest BCUT2D eigenvalue weighted by Gasteiger charge is 2.24. The Bertz CT molecular complexity index is 623. The van der Waals surface area contributed by atoms with Gasteiger partial charge in [-0.15, -0.1) is 0 Å². The first-order valence-electron chi connectivity index (χ1n) is 7.46. The summed E-state index contributed by atoms with van der Waals surface area (Å²) in [6, 6.07) is 7.43. The first-order valence-corrected chi connectivity index (χ1v) is 7.46. The summed E-state index contributed by atoms with van der Waals surface area (Å²) < 4.78 is 15.9. The maximum absolute atomic E-state index is 11.8. The van der Waals surface area contributed by atoms with Crippen molar-refractivity contribution in [2.45, 2.75) is 39.2 Å². The van der Waals surface area contributed by atoms with Gasteiger partial charge in [0.25, 0.3) is 0 Å². The second-order valence-electron chi connectivity index (χ2n) is 4.92. The summed E-state index contributed by atoms with van der Waals surface area (Å²) in [4.78, 5) is 23.6. The van der Waals surface area contributed by atoms with Crippen molar-refractivity contribution in [3.8, 4) is 0 Å². The lowest BCUT2D eigenvalue weighted by Crippen LogP contribution is -2.16. The van der Waals surface area contributed by atoms with Gasteiger partial charge >= 0.3 is 11.9 Å². The molecule has 2 rings (SSSR count). The van der Waals surface area contributed by atoms with E-state index in [-0.39, 0.29) is 12.4 Å². The van der Waals surface area contributed by atoms with Crippen LogP contribution in [0.5, 0.6) is 0 Å². The van der Waals surface area contributed by atoms with Crippen molar-refractivity contribution in [3.05, 3.63) is 36.1 Å². The summed E-state index contributed by atoms with van der Waals surface area (Å²) in [6.07, 6.45) is 1.83. The molecule has 0 N–H and O–H groups in total. The van der Waals surface area contributed by atoms with Gasteiger partial charge in [-0.2, -0.15) is 0 Å². The fourth-order valence-electron chi connectivity index (χ4n) is 2.26. The van der Waals surface area contributed by atoms with Gasteiger partial charge in [-0.05, 0) is 19.4 Å². The normalized spacial score (nSPS) is 12.1. The predicted molar refractivity (Wildman–Crippen MR) is 81.2 cm³/mol. The van der Waals surface area contributed by atoms with Crippen molar-refractivity contribution in [3.63, 3.8) is 0 Å². The number of hydrogen-bond donors (Lipinski definition) is 0. The number of furan rings is 1. The van der Waals surface area contributed by atoms with Crippen molar-refractivity contribution in [2.24, 2.45) is 0 Å². The average molecular weight is 304 g/mol. The summed E-state index contributed by atoms with van der Waals surface area (Å²) in [5.74, 6) is -0.732. The Balaban J connectivity index is 2.26. The van der Waals surface area contributed by atoms with E-state index in [2.05, 4.69) is 0 Å². The number of hydrogen-bond acceptors (Lipinski definition) is 5. The fraction of sp³-hybridized carbons (Fsp3) is 0.412. The van der Waals surface area contributed by atoms with Crippen molar-refractivity contribution < 1.29 is 23.5 Å². The third-order valence-corrected chi connectivity index (χ3v) is 3.24. The number of benzene rings is 1. The molecular weight excluding hydrogens is 284 g/mol. The predicted octanol–water partition coefficient (Wildman–Crippen LogP) is 3.77. The van der Waals surface area contributed by atoms with Crippen molar-refractivity contribution in [1.29, 1.82) is 0 Å². The summed E-state index contributed by atoms with van der Waals surface area (Å²) in [5, 5.41) is 0.834. The number of esters is 2. The first kappa shape index (κ1) is 16.1. The van der Waals surface area contributed by atoms with E-state index in [1.807, 2.05) is 31.2 Å². The van der Waals surface area contributed by atoms with Crippen LogP contribution in [-0.4, -0.2) is 18.5 Å². The van der Waals surface area contributed by atoms with Gasteiger partial charge in [0.15, 0.2) is 0 Å². The third-order valence-electron chi connectivity index (χ3n) is 3.24. The lowest BCUT2D eigenvalue weighted by atomic mass is 10.1. The van der Waals surface area contributed by atoms with E-state index in [0.717, 1.165) is 5.39 Å². The highest BCUT2D eigenvalue weighted by Crippen LogP contribution is 2.31. The Labute approximate surface area is 129 Å². The largest absolute Gasteiger partial charge is 0.466 e. The van der Waals surface area contributed by atoms with Gasteiger partial charge in [0.1, 0.15) is 11.7 Å². The first-order chi connectivity index (χ1) is 10.7. The molecule has 1 heterocycles. The minimum atomic E-state index is -0.693. The van der Waals surface area contributed by atoms with Gasteiger partial charge < -0.3 is 13.9 Å². The Morgan fingerprint density at radius 3 is 2.68 bits per heavy atom. The number of carbonyl (C=O) groups is 2. The van der Waals surface area contributed by atoms with Gasteiger partial charge in [-0.1, -0.05) is 25.1 Å². The van der Waals surface area contributed by atoms with E-state index in [4.69, 9.17) is 13.9 Å². The SMILES string of the molecule is CCCC(=O)O[C@@H](CC(=O)OCC)c1coc2ccccc12. The van der Waals surface area contributed by atoms with Gasteiger partial charge in [-0.3, -0.25) is 9.59 Å². The van der Waals surface area contributed by atoms with Crippen molar-refractivity contribution >= 4 is 22.9 Å². The van der Waals surface area contributed by atoms with E-state index in [1.165, 1.54) is 6.26 Å². The van der Waals surface area contributed by atoms with Crippen LogP contribution in [0, 0.1) is 0 Å². The summed E-state index contributed by atoms with van der Waals surface area (Å²) in [5.41, 5.74) is 1.38. The van der Waals surface area contributed by atoms with Crippen LogP contribution in [0.1, 0.15) is 44.8 Å². The molecule has 0 fully saturated rings. The lowest BCUT2D eigenvalue weighted by Gasteiger charge is -2.16. The van der Waals surface area contributed by atoms with Crippen LogP contribution in [0.25, 0.3) is 11.0 Å². The Hall–Kier alpha value is -2.30. The van der Waals surface area contributed by atoms with Gasteiger partial charge in [0.05, 0.1) is 19.3 Å². The number of para-hydroxylation sites is 1. The molecule has 5 nitrogen and oxygen atoms in total. The molecule has 0 saturated carbocycles. The molecule has 5 heteroatoms. The zero-order valence-corrected chi connectivity index (χ0v) is 12.8. The average Bonchev–Trinajstić information content (AvgIpc) is 2.91. The van der Waals surface area contributed by atoms with Crippen molar-refractivity contribution in [2.75, 3.05) is 6.61 Å². The summed E-state index contributed by atoms with van der Waals surface area (Å²) >= 11 is 0. The molecule has 1 atom stereocenters. The van der Waals surface area contributed by atoms with Crippen LogP contribution < -0.4 is 0 Å². The van der Waals surface area contributed by atoms with Gasteiger partial charge in [0, 0.05) is 17.4 Å². The molecule has 0 bridgehead atoms. The molecule has 0 radical (unpaired) electrons. The molecule has 118 valence electrons. The van der Waals surface area contributed by atoms with Crippen LogP contribution in [0.3, 0.4) is 0 Å². The second-order valence-corrected chi connectivity index (χ2v) is 4.92. The molecule has 0 aliphatic rings. The van der Waals surface area contributed by atoms with E-state index >= 15 is 0 Å². The summed E-state index contributed by atoms with van der Waals surface area (Å²) in [7, 11) is 0. The number of fused-ring (bicyclic) bond motifs is 1. The molecule has 22 heavy (non-hydrogen) atoms. The standard InChI is InChI=1S/C17H20O5/c1-3-7-16(18)22-15(10-17(19)20-4-2)13-11-21-14-9-6-5-8-12(13)14/h5-6,8-9,11,15H,3-4,7,10H2,1-2H3/t15-/m0/s1. The molecule has 0 aliphatic heterocycles. The Morgan fingerprint density at radius 2 is 1.95 bits per heavy atom. The smallest absolute Gasteiger partial charge is 0.309 e. The van der Waals surface area contributed by atoms with Crippen LogP contribution in [0.2, 0.25) is 0 Å². The van der Waals surface area contributed by atoms with Crippen LogP contribution in [0.4, 0.5) is 0 Å². The highest BCUT2D eigenvalue weighted by atomic mass is 16.6. The number of ether oxygens (including phenoxy) is 2. The Kier molecular flexibility index (Phi) is 5.58. The second kappa shape index (κ2) is 7.64. The molecule has 0 aliphatic carbocycles. The molecule has 1 aromatic carbocycles. The number of rotatable bonds is 7. The zero-order valence-electron chi connectivity index (χ0n) is 12.8. The zero-order chi connectivity index (χ0) is 15.9. The van der Waals surface area contributed by atoms with Crippen molar-refractivity contribution in [1.82, 2.24) is 0 Å². The van der Waals surface area contributed by atoms with Crippen LogP contribution in [0.15, 0.2) is 34.9 Å². The molecule has 1 aromatic heterocycles. The fourth-order valence-corrected chi connectivity index (χ4v) is 2.26. The monoisotopic (exact) mass is 304 g/mol. The quantitative estimate of drug-likeness (QED) is 0.728. The van der Waals surface area contributed by atoms with E-state index < -0.39 is 12.1 Å². The van der Waals surface area contributed by atoms with E-state index in [9.17, 15) is 9.59 Å². The minimum Gasteiger partial charge on any atom is -0.466 e. The third kappa shape index (κ3) is 3.87. The minimum absolute atomic E-state index is 0.0210. The topological polar surface area (TPSA) is 65.7 Å².